The molecule has 0 aromatic heterocycles. The number of Topliss-reactive ketones (excluding diaryl/α,β-unsaturated/α-hetero) is 1. The first-order valence-corrected chi connectivity index (χ1v) is 12.2. The standard InChI is InChI=1S/C29H35N3O3/c1-7-9-17-29(31-26(25(33)8-2)24(19-30)32(29)6)21-15-16-22(20-13-11-10-12-14-20)23(18-21)27(34)35-28(3,4)5/h10-16,18,31H,7-9,17H2,1-6H3. The first-order chi connectivity index (χ1) is 16.6. The third kappa shape index (κ3) is 5.24. The van der Waals surface area contributed by atoms with Crippen LogP contribution >= 0.6 is 0 Å². The summed E-state index contributed by atoms with van der Waals surface area (Å²) in [7, 11) is 1.83. The van der Waals surface area contributed by atoms with Gasteiger partial charge >= 0.3 is 5.97 Å². The van der Waals surface area contributed by atoms with Crippen LogP contribution in [-0.4, -0.2) is 29.3 Å². The number of benzene rings is 2. The number of hydrogen-bond donors (Lipinski definition) is 1. The van der Waals surface area contributed by atoms with Gasteiger partial charge in [-0.15, -0.1) is 0 Å². The Morgan fingerprint density at radius 1 is 1.11 bits per heavy atom. The third-order valence-electron chi connectivity index (χ3n) is 6.28. The van der Waals surface area contributed by atoms with E-state index in [1.165, 1.54) is 0 Å². The Bertz CT molecular complexity index is 1170. The normalized spacial score (nSPS) is 17.7. The number of nitriles is 1. The highest BCUT2D eigenvalue weighted by Crippen LogP contribution is 2.41. The smallest absolute Gasteiger partial charge is 0.339 e. The first kappa shape index (κ1) is 26.0. The molecule has 0 aliphatic carbocycles. The lowest BCUT2D eigenvalue weighted by Crippen LogP contribution is -2.48. The number of rotatable bonds is 8. The summed E-state index contributed by atoms with van der Waals surface area (Å²) in [5.74, 6) is -0.525. The summed E-state index contributed by atoms with van der Waals surface area (Å²) in [5.41, 5.74) is 2.11. The average Bonchev–Trinajstić information content (AvgIpc) is 3.13. The lowest BCUT2D eigenvalue weighted by molar-refractivity contribution is -0.115. The molecule has 1 heterocycles. The van der Waals surface area contributed by atoms with Crippen molar-refractivity contribution in [2.45, 2.75) is 71.6 Å². The number of hydrogen-bond acceptors (Lipinski definition) is 6. The van der Waals surface area contributed by atoms with Crippen molar-refractivity contribution in [2.75, 3.05) is 7.05 Å². The van der Waals surface area contributed by atoms with E-state index in [1.54, 1.807) is 6.92 Å². The number of carbonyl (C=O) groups excluding carboxylic acids is 2. The molecule has 0 radical (unpaired) electrons. The van der Waals surface area contributed by atoms with Crippen molar-refractivity contribution < 1.29 is 14.3 Å². The van der Waals surface area contributed by atoms with E-state index >= 15 is 0 Å². The molecule has 0 spiro atoms. The molecule has 6 heteroatoms. The second-order valence-electron chi connectivity index (χ2n) is 9.89. The minimum atomic E-state index is -0.826. The van der Waals surface area contributed by atoms with Crippen LogP contribution in [0.3, 0.4) is 0 Å². The maximum Gasteiger partial charge on any atom is 0.339 e. The van der Waals surface area contributed by atoms with E-state index < -0.39 is 17.2 Å². The molecule has 0 amide bonds. The summed E-state index contributed by atoms with van der Waals surface area (Å²) in [5, 5.41) is 13.3. The predicted octanol–water partition coefficient (Wildman–Crippen LogP) is 5.90. The Balaban J connectivity index is 2.20. The molecule has 1 N–H and O–H groups in total. The zero-order chi connectivity index (χ0) is 25.8. The van der Waals surface area contributed by atoms with Crippen molar-refractivity contribution in [3.63, 3.8) is 0 Å². The van der Waals surface area contributed by atoms with Crippen LogP contribution in [0.4, 0.5) is 0 Å². The van der Waals surface area contributed by atoms with Crippen LogP contribution in [0.25, 0.3) is 11.1 Å². The van der Waals surface area contributed by atoms with E-state index in [-0.39, 0.29) is 5.78 Å². The molecule has 1 atom stereocenters. The summed E-state index contributed by atoms with van der Waals surface area (Å²) < 4.78 is 5.77. The van der Waals surface area contributed by atoms with Gasteiger partial charge in [0, 0.05) is 13.5 Å². The van der Waals surface area contributed by atoms with Crippen LogP contribution in [-0.2, 0) is 15.2 Å². The molecule has 1 aliphatic rings. The topological polar surface area (TPSA) is 82.4 Å². The van der Waals surface area contributed by atoms with Gasteiger partial charge < -0.3 is 15.0 Å². The number of nitrogens with zero attached hydrogens (tertiary/aromatic N) is 2. The zero-order valence-corrected chi connectivity index (χ0v) is 21.6. The summed E-state index contributed by atoms with van der Waals surface area (Å²) in [4.78, 5) is 28.0. The molecule has 1 unspecified atom stereocenters. The van der Waals surface area contributed by atoms with Gasteiger partial charge in [-0.3, -0.25) is 4.79 Å². The highest BCUT2D eigenvalue weighted by Gasteiger charge is 2.46. The minimum absolute atomic E-state index is 0.111. The van der Waals surface area contributed by atoms with Crippen molar-refractivity contribution in [3.05, 3.63) is 71.1 Å². The van der Waals surface area contributed by atoms with Gasteiger partial charge in [-0.25, -0.2) is 4.79 Å². The largest absolute Gasteiger partial charge is 0.456 e. The molecule has 0 fully saturated rings. The molecule has 3 rings (SSSR count). The molecular formula is C29H35N3O3. The third-order valence-corrected chi connectivity index (χ3v) is 6.28. The second kappa shape index (κ2) is 10.4. The molecule has 0 saturated carbocycles. The van der Waals surface area contributed by atoms with E-state index in [0.29, 0.717) is 29.8 Å². The number of ether oxygens (including phenoxy) is 1. The van der Waals surface area contributed by atoms with Gasteiger partial charge in [0.15, 0.2) is 5.78 Å². The highest BCUT2D eigenvalue weighted by atomic mass is 16.6. The maximum atomic E-state index is 13.4. The number of nitrogens with one attached hydrogen (secondary N) is 1. The van der Waals surface area contributed by atoms with Gasteiger partial charge in [-0.1, -0.05) is 62.7 Å². The average molecular weight is 474 g/mol. The molecule has 1 aliphatic heterocycles. The fourth-order valence-electron chi connectivity index (χ4n) is 4.46. The van der Waals surface area contributed by atoms with Crippen LogP contribution in [0.15, 0.2) is 59.9 Å². The lowest BCUT2D eigenvalue weighted by Gasteiger charge is -2.39. The number of allylic oxidation sites excluding steroid dienone is 2. The molecule has 2 aromatic rings. The highest BCUT2D eigenvalue weighted by molar-refractivity contribution is 5.98. The number of unbranched alkanes of at least 4 members (excludes halogenated alkanes) is 1. The Hall–Kier alpha value is -3.59. The SMILES string of the molecule is CCCCC1(c2ccc(-c3ccccc3)c(C(=O)OC(C)(C)C)c2)NC(C(=O)CC)=C(C#N)N1C. The summed E-state index contributed by atoms with van der Waals surface area (Å²) >= 11 is 0. The zero-order valence-electron chi connectivity index (χ0n) is 21.6. The molecule has 184 valence electrons. The van der Waals surface area contributed by atoms with Crippen molar-refractivity contribution in [1.82, 2.24) is 10.2 Å². The first-order valence-electron chi connectivity index (χ1n) is 12.2. The molecule has 0 saturated heterocycles. The fraction of sp³-hybridized carbons (Fsp3) is 0.414. The second-order valence-corrected chi connectivity index (χ2v) is 9.89. The quantitative estimate of drug-likeness (QED) is 0.481. The Labute approximate surface area is 208 Å². The van der Waals surface area contributed by atoms with Crippen LogP contribution in [0, 0.1) is 11.3 Å². The van der Waals surface area contributed by atoms with Crippen molar-refractivity contribution in [2.24, 2.45) is 0 Å². The molecule has 2 aromatic carbocycles. The van der Waals surface area contributed by atoms with Gasteiger partial charge in [-0.2, -0.15) is 5.26 Å². The van der Waals surface area contributed by atoms with Gasteiger partial charge in [0.1, 0.15) is 28.7 Å². The molecule has 6 nitrogen and oxygen atoms in total. The Morgan fingerprint density at radius 3 is 2.37 bits per heavy atom. The van der Waals surface area contributed by atoms with Crippen LogP contribution in [0.5, 0.6) is 0 Å². The van der Waals surface area contributed by atoms with Crippen molar-refractivity contribution >= 4 is 11.8 Å². The maximum absolute atomic E-state index is 13.4. The fourth-order valence-corrected chi connectivity index (χ4v) is 4.46. The molecule has 0 bridgehead atoms. The van der Waals surface area contributed by atoms with E-state index in [0.717, 1.165) is 29.5 Å². The van der Waals surface area contributed by atoms with Crippen molar-refractivity contribution in [3.8, 4) is 17.2 Å². The Morgan fingerprint density at radius 2 is 1.80 bits per heavy atom. The summed E-state index contributed by atoms with van der Waals surface area (Å²) in [6.45, 7) is 9.42. The Kier molecular flexibility index (Phi) is 7.70. The van der Waals surface area contributed by atoms with Gasteiger partial charge in [0.2, 0.25) is 0 Å². The number of ketones is 1. The van der Waals surface area contributed by atoms with Gasteiger partial charge in [-0.05, 0) is 56.4 Å². The van der Waals surface area contributed by atoms with Crippen LogP contribution in [0.2, 0.25) is 0 Å². The lowest BCUT2D eigenvalue weighted by atomic mass is 9.88. The van der Waals surface area contributed by atoms with Crippen LogP contribution < -0.4 is 5.32 Å². The van der Waals surface area contributed by atoms with Crippen LogP contribution in [0.1, 0.15) is 76.2 Å². The summed E-state index contributed by atoms with van der Waals surface area (Å²) in [6.07, 6.45) is 2.76. The van der Waals surface area contributed by atoms with Crippen molar-refractivity contribution in [1.29, 1.82) is 5.26 Å². The molecule has 35 heavy (non-hydrogen) atoms. The van der Waals surface area contributed by atoms with E-state index in [4.69, 9.17) is 4.74 Å². The van der Waals surface area contributed by atoms with E-state index in [9.17, 15) is 14.9 Å². The van der Waals surface area contributed by atoms with E-state index in [2.05, 4.69) is 18.3 Å². The summed E-state index contributed by atoms with van der Waals surface area (Å²) in [6, 6.07) is 17.7. The number of esters is 1. The molecular weight excluding hydrogens is 438 g/mol. The van der Waals surface area contributed by atoms with Gasteiger partial charge in [0.25, 0.3) is 0 Å². The van der Waals surface area contributed by atoms with E-state index in [1.807, 2.05) is 81.2 Å². The minimum Gasteiger partial charge on any atom is -0.456 e. The number of carbonyl (C=O) groups is 2. The monoisotopic (exact) mass is 473 g/mol. The predicted molar refractivity (Wildman–Crippen MR) is 137 cm³/mol. The van der Waals surface area contributed by atoms with Gasteiger partial charge in [0.05, 0.1) is 5.56 Å².